The number of sulfonamides is 1. The van der Waals surface area contributed by atoms with E-state index in [1.165, 1.54) is 12.1 Å². The van der Waals surface area contributed by atoms with Crippen LogP contribution in [-0.2, 0) is 21.2 Å². The molecule has 1 aromatic carbocycles. The van der Waals surface area contributed by atoms with Crippen molar-refractivity contribution in [1.29, 1.82) is 0 Å². The Balaban J connectivity index is 1.48. The molecule has 1 aliphatic carbocycles. The number of hydrogen-bond donors (Lipinski definition) is 0. The lowest BCUT2D eigenvalue weighted by Crippen LogP contribution is -2.52. The van der Waals surface area contributed by atoms with Crippen molar-refractivity contribution in [2.75, 3.05) is 26.2 Å². The van der Waals surface area contributed by atoms with E-state index in [4.69, 9.17) is 0 Å². The molecule has 25 heavy (non-hydrogen) atoms. The van der Waals surface area contributed by atoms with Gasteiger partial charge in [-0.05, 0) is 37.0 Å². The Morgan fingerprint density at radius 2 is 1.64 bits per heavy atom. The Labute approximate surface area is 148 Å². The first-order valence-corrected chi connectivity index (χ1v) is 10.5. The monoisotopic (exact) mass is 368 g/mol. The van der Waals surface area contributed by atoms with Gasteiger partial charge in [-0.1, -0.05) is 25.0 Å². The lowest BCUT2D eigenvalue weighted by molar-refractivity contribution is -0.132. The number of piperazine rings is 1. The highest BCUT2D eigenvalue weighted by molar-refractivity contribution is 7.89. The van der Waals surface area contributed by atoms with Crippen LogP contribution in [0.1, 0.15) is 37.7 Å². The van der Waals surface area contributed by atoms with E-state index in [2.05, 4.69) is 0 Å². The van der Waals surface area contributed by atoms with Crippen molar-refractivity contribution in [1.82, 2.24) is 9.21 Å². The molecule has 0 bridgehead atoms. The summed E-state index contributed by atoms with van der Waals surface area (Å²) in [6.45, 7) is 1.69. The van der Waals surface area contributed by atoms with Crippen LogP contribution in [0.4, 0.5) is 4.39 Å². The molecule has 2 fully saturated rings. The molecular weight excluding hydrogens is 343 g/mol. The second kappa shape index (κ2) is 7.83. The van der Waals surface area contributed by atoms with Gasteiger partial charge in [-0.3, -0.25) is 4.79 Å². The van der Waals surface area contributed by atoms with Crippen LogP contribution < -0.4 is 0 Å². The molecule has 1 aromatic rings. The number of halogens is 1. The fourth-order valence-corrected chi connectivity index (χ4v) is 5.67. The fourth-order valence-electron chi connectivity index (χ4n) is 3.65. The van der Waals surface area contributed by atoms with Crippen molar-refractivity contribution in [3.63, 3.8) is 0 Å². The zero-order chi connectivity index (χ0) is 17.9. The minimum atomic E-state index is -3.21. The molecule has 1 amide bonds. The molecule has 0 atom stereocenters. The minimum absolute atomic E-state index is 0.0299. The van der Waals surface area contributed by atoms with E-state index in [-0.39, 0.29) is 17.0 Å². The molecule has 0 N–H and O–H groups in total. The van der Waals surface area contributed by atoms with Crippen molar-refractivity contribution in [3.8, 4) is 0 Å². The first kappa shape index (κ1) is 18.3. The highest BCUT2D eigenvalue weighted by atomic mass is 32.2. The maximum absolute atomic E-state index is 12.9. The van der Waals surface area contributed by atoms with Crippen LogP contribution in [0.5, 0.6) is 0 Å². The molecule has 1 saturated carbocycles. The van der Waals surface area contributed by atoms with E-state index in [1.54, 1.807) is 21.3 Å². The van der Waals surface area contributed by atoms with Crippen LogP contribution in [0, 0.1) is 5.82 Å². The van der Waals surface area contributed by atoms with E-state index in [0.717, 1.165) is 31.2 Å². The van der Waals surface area contributed by atoms with Gasteiger partial charge in [0.25, 0.3) is 0 Å². The highest BCUT2D eigenvalue weighted by Gasteiger charge is 2.36. The standard InChI is InChI=1S/C18H25FN2O3S/c19-16-8-5-15(6-9-16)7-10-18(22)20-11-13-21(14-12-20)25(23,24)17-3-1-2-4-17/h5-6,8-9,17H,1-4,7,10-14H2. The Bertz CT molecular complexity index is 692. The number of benzene rings is 1. The van der Waals surface area contributed by atoms with Gasteiger partial charge in [0.15, 0.2) is 0 Å². The van der Waals surface area contributed by atoms with Crippen LogP contribution in [0.15, 0.2) is 24.3 Å². The Hall–Kier alpha value is -1.47. The summed E-state index contributed by atoms with van der Waals surface area (Å²) in [7, 11) is -3.21. The molecular formula is C18H25FN2O3S. The van der Waals surface area contributed by atoms with Crippen molar-refractivity contribution in [2.45, 2.75) is 43.8 Å². The number of nitrogens with zero attached hydrogens (tertiary/aromatic N) is 2. The topological polar surface area (TPSA) is 57.7 Å². The number of rotatable bonds is 5. The van der Waals surface area contributed by atoms with E-state index in [0.29, 0.717) is 39.0 Å². The summed E-state index contributed by atoms with van der Waals surface area (Å²) >= 11 is 0. The number of amides is 1. The number of hydrogen-bond acceptors (Lipinski definition) is 3. The molecule has 5 nitrogen and oxygen atoms in total. The van der Waals surface area contributed by atoms with Gasteiger partial charge in [0.05, 0.1) is 5.25 Å². The first-order valence-electron chi connectivity index (χ1n) is 8.98. The minimum Gasteiger partial charge on any atom is -0.340 e. The van der Waals surface area contributed by atoms with Gasteiger partial charge >= 0.3 is 0 Å². The van der Waals surface area contributed by atoms with E-state index < -0.39 is 10.0 Å². The summed E-state index contributed by atoms with van der Waals surface area (Å²) in [5, 5.41) is -0.228. The third-order valence-electron chi connectivity index (χ3n) is 5.22. The zero-order valence-corrected chi connectivity index (χ0v) is 15.2. The average molecular weight is 368 g/mol. The van der Waals surface area contributed by atoms with Crippen LogP contribution in [0.25, 0.3) is 0 Å². The van der Waals surface area contributed by atoms with Gasteiger partial charge in [0.2, 0.25) is 15.9 Å². The summed E-state index contributed by atoms with van der Waals surface area (Å²) in [5.74, 6) is -0.253. The molecule has 1 saturated heterocycles. The molecule has 0 aromatic heterocycles. The van der Waals surface area contributed by atoms with Crippen LogP contribution in [0.3, 0.4) is 0 Å². The van der Waals surface area contributed by atoms with Gasteiger partial charge in [0, 0.05) is 32.6 Å². The summed E-state index contributed by atoms with van der Waals surface area (Å²) in [5.41, 5.74) is 0.928. The van der Waals surface area contributed by atoms with Crippen LogP contribution in [0.2, 0.25) is 0 Å². The first-order chi connectivity index (χ1) is 12.0. The molecule has 0 spiro atoms. The Morgan fingerprint density at radius 3 is 2.24 bits per heavy atom. The van der Waals surface area contributed by atoms with Gasteiger partial charge < -0.3 is 4.90 Å². The lowest BCUT2D eigenvalue weighted by Gasteiger charge is -2.35. The molecule has 3 rings (SSSR count). The molecule has 7 heteroatoms. The summed E-state index contributed by atoms with van der Waals surface area (Å²) in [6, 6.07) is 6.17. The average Bonchev–Trinajstić information content (AvgIpc) is 3.16. The zero-order valence-electron chi connectivity index (χ0n) is 14.4. The molecule has 0 radical (unpaired) electrons. The third-order valence-corrected chi connectivity index (χ3v) is 7.61. The van der Waals surface area contributed by atoms with Crippen molar-refractivity contribution < 1.29 is 17.6 Å². The van der Waals surface area contributed by atoms with Gasteiger partial charge in [-0.2, -0.15) is 4.31 Å². The SMILES string of the molecule is O=C(CCc1ccc(F)cc1)N1CCN(S(=O)(=O)C2CCCC2)CC1. The normalized spacial score (nSPS) is 20.1. The van der Waals surface area contributed by atoms with E-state index in [1.807, 2.05) is 0 Å². The molecule has 138 valence electrons. The maximum Gasteiger partial charge on any atom is 0.222 e. The predicted molar refractivity (Wildman–Crippen MR) is 94.0 cm³/mol. The van der Waals surface area contributed by atoms with E-state index in [9.17, 15) is 17.6 Å². The molecule has 2 aliphatic rings. The number of carbonyl (C=O) groups excluding carboxylic acids is 1. The van der Waals surface area contributed by atoms with Crippen molar-refractivity contribution in [3.05, 3.63) is 35.6 Å². The molecule has 1 aliphatic heterocycles. The smallest absolute Gasteiger partial charge is 0.222 e. The van der Waals surface area contributed by atoms with E-state index >= 15 is 0 Å². The highest BCUT2D eigenvalue weighted by Crippen LogP contribution is 2.27. The molecule has 0 unspecified atom stereocenters. The number of carbonyl (C=O) groups is 1. The fraction of sp³-hybridized carbons (Fsp3) is 0.611. The maximum atomic E-state index is 12.9. The van der Waals surface area contributed by atoms with Crippen LogP contribution in [-0.4, -0.2) is 55.0 Å². The Morgan fingerprint density at radius 1 is 1.04 bits per heavy atom. The third kappa shape index (κ3) is 4.39. The van der Waals surface area contributed by atoms with Crippen molar-refractivity contribution >= 4 is 15.9 Å². The number of aryl methyl sites for hydroxylation is 1. The second-order valence-electron chi connectivity index (χ2n) is 6.86. The van der Waals surface area contributed by atoms with Crippen molar-refractivity contribution in [2.24, 2.45) is 0 Å². The largest absolute Gasteiger partial charge is 0.340 e. The predicted octanol–water partition coefficient (Wildman–Crippen LogP) is 2.17. The van der Waals surface area contributed by atoms with Gasteiger partial charge in [-0.25, -0.2) is 12.8 Å². The van der Waals surface area contributed by atoms with Gasteiger partial charge in [-0.15, -0.1) is 0 Å². The summed E-state index contributed by atoms with van der Waals surface area (Å²) in [6.07, 6.45) is 4.44. The Kier molecular flexibility index (Phi) is 5.74. The van der Waals surface area contributed by atoms with Crippen LogP contribution >= 0.6 is 0 Å². The lowest BCUT2D eigenvalue weighted by atomic mass is 10.1. The quantitative estimate of drug-likeness (QED) is 0.800. The summed E-state index contributed by atoms with van der Waals surface area (Å²) < 4.78 is 39.6. The second-order valence-corrected chi connectivity index (χ2v) is 9.07. The summed E-state index contributed by atoms with van der Waals surface area (Å²) in [4.78, 5) is 14.1. The van der Waals surface area contributed by atoms with Gasteiger partial charge in [0.1, 0.15) is 5.82 Å². The molecule has 1 heterocycles.